The third-order valence-electron chi connectivity index (χ3n) is 4.00. The van der Waals surface area contributed by atoms with Crippen LogP contribution in [0.2, 0.25) is 0 Å². The molecule has 0 saturated heterocycles. The van der Waals surface area contributed by atoms with Gasteiger partial charge in [-0.1, -0.05) is 6.07 Å². The predicted molar refractivity (Wildman–Crippen MR) is 96.2 cm³/mol. The molecule has 0 aliphatic rings. The van der Waals surface area contributed by atoms with Gasteiger partial charge in [0.1, 0.15) is 12.1 Å². The minimum Gasteiger partial charge on any atom is -0.465 e. The van der Waals surface area contributed by atoms with Crippen LogP contribution >= 0.6 is 0 Å². The molecule has 152 valence electrons. The highest BCUT2D eigenvalue weighted by atomic mass is 19.3. The lowest BCUT2D eigenvalue weighted by Gasteiger charge is -2.18. The summed E-state index contributed by atoms with van der Waals surface area (Å²) in [5.41, 5.74) is -1.36. The SMILES string of the molecule is CC(NC(=O)O)c1ccc(-c2ncnc(Nc3ccn(C)n3)n2)c(F)c1C(F)F. The fourth-order valence-electron chi connectivity index (χ4n) is 2.73. The number of halogens is 3. The number of nitrogens with one attached hydrogen (secondary N) is 2. The first-order chi connectivity index (χ1) is 13.8. The zero-order chi connectivity index (χ0) is 21.1. The van der Waals surface area contributed by atoms with Crippen molar-refractivity contribution in [2.24, 2.45) is 7.05 Å². The largest absolute Gasteiger partial charge is 0.465 e. The second-order valence-electron chi connectivity index (χ2n) is 6.03. The fourth-order valence-corrected chi connectivity index (χ4v) is 2.73. The van der Waals surface area contributed by atoms with E-state index in [1.165, 1.54) is 19.1 Å². The maximum Gasteiger partial charge on any atom is 0.405 e. The summed E-state index contributed by atoms with van der Waals surface area (Å²) < 4.78 is 43.6. The molecule has 0 bridgehead atoms. The van der Waals surface area contributed by atoms with Crippen molar-refractivity contribution >= 4 is 17.9 Å². The first-order valence-corrected chi connectivity index (χ1v) is 8.32. The van der Waals surface area contributed by atoms with E-state index < -0.39 is 29.9 Å². The summed E-state index contributed by atoms with van der Waals surface area (Å²) in [4.78, 5) is 22.6. The van der Waals surface area contributed by atoms with Crippen molar-refractivity contribution in [2.75, 3.05) is 5.32 Å². The van der Waals surface area contributed by atoms with Crippen LogP contribution in [0.3, 0.4) is 0 Å². The van der Waals surface area contributed by atoms with E-state index in [1.54, 1.807) is 24.0 Å². The smallest absolute Gasteiger partial charge is 0.405 e. The van der Waals surface area contributed by atoms with Crippen molar-refractivity contribution in [1.82, 2.24) is 30.0 Å². The summed E-state index contributed by atoms with van der Waals surface area (Å²) in [6.07, 6.45) is -1.79. The summed E-state index contributed by atoms with van der Waals surface area (Å²) in [7, 11) is 1.72. The van der Waals surface area contributed by atoms with Gasteiger partial charge in [-0.3, -0.25) is 4.68 Å². The topological polar surface area (TPSA) is 118 Å². The highest BCUT2D eigenvalue weighted by Crippen LogP contribution is 2.34. The van der Waals surface area contributed by atoms with Gasteiger partial charge in [-0.15, -0.1) is 0 Å². The molecule has 2 aromatic heterocycles. The van der Waals surface area contributed by atoms with E-state index in [4.69, 9.17) is 5.11 Å². The van der Waals surface area contributed by atoms with Crippen molar-refractivity contribution in [2.45, 2.75) is 19.4 Å². The number of benzene rings is 1. The molecule has 1 atom stereocenters. The lowest BCUT2D eigenvalue weighted by Crippen LogP contribution is -2.25. The Kier molecular flexibility index (Phi) is 5.61. The Morgan fingerprint density at radius 3 is 2.62 bits per heavy atom. The maximum absolute atomic E-state index is 14.9. The molecule has 0 fully saturated rings. The molecule has 3 aromatic rings. The molecule has 1 amide bonds. The standard InChI is InChI=1S/C17H16F3N7O2/c1-8(23-17(28)29)9-3-4-10(13(18)12(9)14(19)20)15-21-7-22-16(25-15)24-11-5-6-27(2)26-11/h3-8,14,23H,1-2H3,(H,28,29)(H,21,22,24,25,26). The summed E-state index contributed by atoms with van der Waals surface area (Å²) in [6.45, 7) is 1.34. The molecule has 12 heteroatoms. The molecular formula is C17H16F3N7O2. The summed E-state index contributed by atoms with van der Waals surface area (Å²) in [6, 6.07) is 3.05. The molecule has 29 heavy (non-hydrogen) atoms. The molecule has 1 unspecified atom stereocenters. The minimum absolute atomic E-state index is 0.0525. The lowest BCUT2D eigenvalue weighted by molar-refractivity contribution is 0.144. The van der Waals surface area contributed by atoms with E-state index in [0.29, 0.717) is 5.82 Å². The third kappa shape index (κ3) is 4.42. The molecule has 2 heterocycles. The molecule has 9 nitrogen and oxygen atoms in total. The molecule has 3 N–H and O–H groups in total. The zero-order valence-corrected chi connectivity index (χ0v) is 15.3. The molecule has 3 rings (SSSR count). The Morgan fingerprint density at radius 2 is 2.00 bits per heavy atom. The molecule has 1 aromatic carbocycles. The van der Waals surface area contributed by atoms with Crippen molar-refractivity contribution in [3.05, 3.63) is 47.7 Å². The normalized spacial score (nSPS) is 12.1. The summed E-state index contributed by atoms with van der Waals surface area (Å²) in [5.74, 6) is -0.909. The monoisotopic (exact) mass is 407 g/mol. The average Bonchev–Trinajstić information content (AvgIpc) is 3.05. The zero-order valence-electron chi connectivity index (χ0n) is 15.3. The second kappa shape index (κ2) is 8.12. The van der Waals surface area contributed by atoms with Crippen LogP contribution in [0.15, 0.2) is 30.7 Å². The van der Waals surface area contributed by atoms with E-state index >= 15 is 0 Å². The third-order valence-corrected chi connectivity index (χ3v) is 4.00. The van der Waals surface area contributed by atoms with E-state index in [0.717, 1.165) is 6.33 Å². The molecular weight excluding hydrogens is 391 g/mol. The van der Waals surface area contributed by atoms with E-state index in [9.17, 15) is 18.0 Å². The van der Waals surface area contributed by atoms with Gasteiger partial charge in [0, 0.05) is 19.3 Å². The van der Waals surface area contributed by atoms with Gasteiger partial charge in [0.25, 0.3) is 6.43 Å². The van der Waals surface area contributed by atoms with E-state index in [-0.39, 0.29) is 22.9 Å². The van der Waals surface area contributed by atoms with Crippen molar-refractivity contribution in [3.8, 4) is 11.4 Å². The van der Waals surface area contributed by atoms with Gasteiger partial charge in [0.05, 0.1) is 17.2 Å². The summed E-state index contributed by atoms with van der Waals surface area (Å²) >= 11 is 0. The van der Waals surface area contributed by atoms with Crippen LogP contribution in [0.4, 0.5) is 29.7 Å². The first-order valence-electron chi connectivity index (χ1n) is 8.32. The average molecular weight is 407 g/mol. The Morgan fingerprint density at radius 1 is 1.24 bits per heavy atom. The predicted octanol–water partition coefficient (Wildman–Crippen LogP) is 3.42. The number of alkyl halides is 2. The van der Waals surface area contributed by atoms with Gasteiger partial charge >= 0.3 is 6.09 Å². The number of carboxylic acid groups (broad SMARTS) is 1. The molecule has 0 spiro atoms. The summed E-state index contributed by atoms with van der Waals surface area (Å²) in [5, 5.41) is 17.7. The van der Waals surface area contributed by atoms with Gasteiger partial charge in [0.15, 0.2) is 11.6 Å². The van der Waals surface area contributed by atoms with Crippen molar-refractivity contribution in [1.29, 1.82) is 0 Å². The molecule has 0 saturated carbocycles. The quantitative estimate of drug-likeness (QED) is 0.573. The van der Waals surface area contributed by atoms with Crippen LogP contribution < -0.4 is 10.6 Å². The van der Waals surface area contributed by atoms with E-state index in [2.05, 4.69) is 25.4 Å². The van der Waals surface area contributed by atoms with Gasteiger partial charge in [-0.05, 0) is 18.6 Å². The fraction of sp³-hybridized carbons (Fsp3) is 0.235. The van der Waals surface area contributed by atoms with Gasteiger partial charge < -0.3 is 15.7 Å². The van der Waals surface area contributed by atoms with Crippen molar-refractivity contribution < 1.29 is 23.1 Å². The highest BCUT2D eigenvalue weighted by molar-refractivity contribution is 5.66. The van der Waals surface area contributed by atoms with Crippen LogP contribution in [0.25, 0.3) is 11.4 Å². The number of nitrogens with zero attached hydrogens (tertiary/aromatic N) is 5. The maximum atomic E-state index is 14.9. The second-order valence-corrected chi connectivity index (χ2v) is 6.03. The number of hydrogen-bond donors (Lipinski definition) is 3. The first kappa shape index (κ1) is 20.0. The number of aromatic nitrogens is 5. The van der Waals surface area contributed by atoms with Crippen LogP contribution in [-0.2, 0) is 7.05 Å². The van der Waals surface area contributed by atoms with Crippen LogP contribution in [0, 0.1) is 5.82 Å². The molecule has 0 aliphatic heterocycles. The molecule has 0 aliphatic carbocycles. The number of carbonyl (C=O) groups is 1. The minimum atomic E-state index is -3.17. The Hall–Kier alpha value is -3.70. The number of rotatable bonds is 6. The highest BCUT2D eigenvalue weighted by Gasteiger charge is 2.26. The van der Waals surface area contributed by atoms with Crippen LogP contribution in [-0.4, -0.2) is 35.9 Å². The van der Waals surface area contributed by atoms with Crippen LogP contribution in [0.5, 0.6) is 0 Å². The number of anilines is 2. The lowest BCUT2D eigenvalue weighted by atomic mass is 9.97. The van der Waals surface area contributed by atoms with Crippen molar-refractivity contribution in [3.63, 3.8) is 0 Å². The van der Waals surface area contributed by atoms with Gasteiger partial charge in [0.2, 0.25) is 5.95 Å². The Bertz CT molecular complexity index is 1040. The van der Waals surface area contributed by atoms with Gasteiger partial charge in [-0.2, -0.15) is 10.1 Å². The molecule has 0 radical (unpaired) electrons. The number of amides is 1. The van der Waals surface area contributed by atoms with E-state index in [1.807, 2.05) is 5.32 Å². The number of hydrogen-bond acceptors (Lipinski definition) is 6. The number of aryl methyl sites for hydroxylation is 1. The van der Waals surface area contributed by atoms with Crippen LogP contribution in [0.1, 0.15) is 30.5 Å². The Labute approximate surface area is 162 Å². The Balaban J connectivity index is 1.99. The van der Waals surface area contributed by atoms with Gasteiger partial charge in [-0.25, -0.2) is 27.9 Å².